The van der Waals surface area contributed by atoms with Crippen LogP contribution in [0.25, 0.3) is 66.3 Å². The number of fused-ring (bicyclic) bond motifs is 3. The zero-order valence-corrected chi connectivity index (χ0v) is 23.5. The highest BCUT2D eigenvalue weighted by Gasteiger charge is 2.15. The highest BCUT2D eigenvalue weighted by molar-refractivity contribution is 6.14. The van der Waals surface area contributed by atoms with Crippen LogP contribution in [0, 0.1) is 20.8 Å². The van der Waals surface area contributed by atoms with Gasteiger partial charge in [0.25, 0.3) is 0 Å². The van der Waals surface area contributed by atoms with E-state index in [1.54, 1.807) is 0 Å². The van der Waals surface area contributed by atoms with Gasteiger partial charge in [0.1, 0.15) is 0 Å². The molecule has 2 nitrogen and oxygen atoms in total. The third-order valence-electron chi connectivity index (χ3n) is 8.07. The van der Waals surface area contributed by atoms with Crippen LogP contribution in [0.5, 0.6) is 0 Å². The number of hydrogen-bond donors (Lipinski definition) is 0. The third kappa shape index (κ3) is 4.58. The Morgan fingerprint density at radius 2 is 1.22 bits per heavy atom. The van der Waals surface area contributed by atoms with Crippen molar-refractivity contribution in [1.29, 1.82) is 0 Å². The highest BCUT2D eigenvalue weighted by atomic mass is 14.7. The highest BCUT2D eigenvalue weighted by Crippen LogP contribution is 2.40. The number of rotatable bonds is 4. The summed E-state index contributed by atoms with van der Waals surface area (Å²) in [6.07, 6.45) is 3.77. The molecule has 0 radical (unpaired) electrons. The lowest BCUT2D eigenvalue weighted by Gasteiger charge is -2.17. The average Bonchev–Trinajstić information content (AvgIpc) is 3.01. The zero-order valence-electron chi connectivity index (χ0n) is 23.5. The number of benzene rings is 5. The van der Waals surface area contributed by atoms with Crippen molar-refractivity contribution in [2.45, 2.75) is 20.8 Å². The molecule has 0 fully saturated rings. The Hall–Kier alpha value is -5.08. The van der Waals surface area contributed by atoms with E-state index in [1.807, 2.05) is 24.5 Å². The van der Waals surface area contributed by atoms with Gasteiger partial charge in [-0.2, -0.15) is 0 Å². The van der Waals surface area contributed by atoms with Crippen LogP contribution < -0.4 is 0 Å². The maximum absolute atomic E-state index is 4.77. The van der Waals surface area contributed by atoms with Crippen molar-refractivity contribution in [2.24, 2.45) is 0 Å². The van der Waals surface area contributed by atoms with E-state index in [-0.39, 0.29) is 0 Å². The molecule has 0 atom stereocenters. The summed E-state index contributed by atoms with van der Waals surface area (Å²) in [5, 5.41) is 3.64. The molecule has 0 N–H and O–H groups in total. The topological polar surface area (TPSA) is 25.8 Å². The molecule has 2 heterocycles. The minimum Gasteiger partial charge on any atom is -0.256 e. The van der Waals surface area contributed by atoms with Crippen LogP contribution in [0.4, 0.5) is 0 Å². The Kier molecular flexibility index (Phi) is 6.17. The predicted molar refractivity (Wildman–Crippen MR) is 173 cm³/mol. The van der Waals surface area contributed by atoms with Gasteiger partial charge in [0, 0.05) is 23.3 Å². The number of nitrogens with zero attached hydrogens (tertiary/aromatic N) is 2. The molecular weight excluding hydrogens is 496 g/mol. The predicted octanol–water partition coefficient (Wildman–Crippen LogP) is 10.4. The Morgan fingerprint density at radius 1 is 0.415 bits per heavy atom. The molecular formula is C39H30N2. The van der Waals surface area contributed by atoms with Crippen LogP contribution in [-0.2, 0) is 0 Å². The van der Waals surface area contributed by atoms with Crippen LogP contribution in [-0.4, -0.2) is 9.97 Å². The van der Waals surface area contributed by atoms with Crippen molar-refractivity contribution >= 4 is 21.7 Å². The normalized spacial score (nSPS) is 11.3. The maximum atomic E-state index is 4.77. The van der Waals surface area contributed by atoms with Gasteiger partial charge in [-0.15, -0.1) is 0 Å². The van der Waals surface area contributed by atoms with Crippen molar-refractivity contribution in [1.82, 2.24) is 9.97 Å². The molecule has 7 aromatic rings. The van der Waals surface area contributed by atoms with Crippen LogP contribution >= 0.6 is 0 Å². The van der Waals surface area contributed by atoms with E-state index < -0.39 is 0 Å². The zero-order chi connectivity index (χ0) is 27.9. The summed E-state index contributed by atoms with van der Waals surface area (Å²) in [4.78, 5) is 9.41. The van der Waals surface area contributed by atoms with Crippen LogP contribution in [0.3, 0.4) is 0 Å². The smallest absolute Gasteiger partial charge is 0.0714 e. The van der Waals surface area contributed by atoms with Crippen molar-refractivity contribution in [3.05, 3.63) is 144 Å². The van der Waals surface area contributed by atoms with Crippen LogP contribution in [0.1, 0.15) is 16.7 Å². The van der Waals surface area contributed by atoms with Crippen LogP contribution in [0.2, 0.25) is 0 Å². The molecule has 0 aliphatic carbocycles. The van der Waals surface area contributed by atoms with Gasteiger partial charge in [-0.05, 0) is 124 Å². The first kappa shape index (κ1) is 24.9. The fraction of sp³-hybridized carbons (Fsp3) is 0.0769. The standard InChI is InChI=1S/C39H30N2/c1-25-16-18-41-38(19-25)31-12-7-11-30(21-31)34-23-35(27(3)20-26(34)2)37-24-39-33(13-8-17-40-39)32-15-14-29(22-36(32)37)28-9-5-4-6-10-28/h4-24H,1-3H3. The van der Waals surface area contributed by atoms with Crippen molar-refractivity contribution in [3.63, 3.8) is 0 Å². The summed E-state index contributed by atoms with van der Waals surface area (Å²) in [6, 6.07) is 41.5. The van der Waals surface area contributed by atoms with Gasteiger partial charge in [0.15, 0.2) is 0 Å². The molecule has 0 saturated heterocycles. The summed E-state index contributed by atoms with van der Waals surface area (Å²) in [5.74, 6) is 0. The Labute approximate surface area is 241 Å². The summed E-state index contributed by atoms with van der Waals surface area (Å²) < 4.78 is 0. The average molecular weight is 527 g/mol. The Balaban J connectivity index is 1.45. The molecule has 0 bridgehead atoms. The van der Waals surface area contributed by atoms with E-state index in [4.69, 9.17) is 4.98 Å². The first-order valence-electron chi connectivity index (χ1n) is 14.1. The van der Waals surface area contributed by atoms with Gasteiger partial charge in [-0.3, -0.25) is 9.97 Å². The Bertz CT molecular complexity index is 2070. The molecule has 0 amide bonds. The summed E-state index contributed by atoms with van der Waals surface area (Å²) in [6.45, 7) is 6.53. The molecule has 0 spiro atoms. The largest absolute Gasteiger partial charge is 0.256 e. The summed E-state index contributed by atoms with van der Waals surface area (Å²) in [5.41, 5.74) is 14.1. The molecule has 41 heavy (non-hydrogen) atoms. The number of aryl methyl sites for hydroxylation is 3. The molecule has 0 saturated carbocycles. The van der Waals surface area contributed by atoms with Gasteiger partial charge in [-0.25, -0.2) is 0 Å². The minimum atomic E-state index is 0.997. The first-order valence-corrected chi connectivity index (χ1v) is 14.1. The summed E-state index contributed by atoms with van der Waals surface area (Å²) >= 11 is 0. The second-order valence-electron chi connectivity index (χ2n) is 10.9. The quantitative estimate of drug-likeness (QED) is 0.213. The van der Waals surface area contributed by atoms with Gasteiger partial charge >= 0.3 is 0 Å². The first-order chi connectivity index (χ1) is 20.0. The second-order valence-corrected chi connectivity index (χ2v) is 10.9. The molecule has 2 heteroatoms. The lowest BCUT2D eigenvalue weighted by atomic mass is 9.87. The number of hydrogen-bond acceptors (Lipinski definition) is 2. The van der Waals surface area contributed by atoms with Crippen molar-refractivity contribution < 1.29 is 0 Å². The van der Waals surface area contributed by atoms with Crippen molar-refractivity contribution in [3.8, 4) is 44.6 Å². The van der Waals surface area contributed by atoms with Gasteiger partial charge < -0.3 is 0 Å². The van der Waals surface area contributed by atoms with E-state index in [0.717, 1.165) is 16.8 Å². The maximum Gasteiger partial charge on any atom is 0.0714 e. The number of pyridine rings is 2. The van der Waals surface area contributed by atoms with E-state index >= 15 is 0 Å². The minimum absolute atomic E-state index is 0.997. The lowest BCUT2D eigenvalue weighted by molar-refractivity contribution is 1.29. The van der Waals surface area contributed by atoms with E-state index in [9.17, 15) is 0 Å². The summed E-state index contributed by atoms with van der Waals surface area (Å²) in [7, 11) is 0. The fourth-order valence-electron chi connectivity index (χ4n) is 6.00. The second kappa shape index (κ2) is 10.1. The van der Waals surface area contributed by atoms with Gasteiger partial charge in [-0.1, -0.05) is 72.8 Å². The Morgan fingerprint density at radius 3 is 2.07 bits per heavy atom. The lowest BCUT2D eigenvalue weighted by Crippen LogP contribution is -1.93. The van der Waals surface area contributed by atoms with Gasteiger partial charge in [0.2, 0.25) is 0 Å². The SMILES string of the molecule is Cc1ccnc(-c2cccc(-c3cc(-c4cc5ncccc5c5ccc(-c6ccccc6)cc45)c(C)cc3C)c2)c1. The van der Waals surface area contributed by atoms with Crippen molar-refractivity contribution in [2.75, 3.05) is 0 Å². The van der Waals surface area contributed by atoms with E-state index in [0.29, 0.717) is 0 Å². The molecule has 5 aromatic carbocycles. The van der Waals surface area contributed by atoms with Crippen LogP contribution in [0.15, 0.2) is 128 Å². The molecule has 196 valence electrons. The monoisotopic (exact) mass is 526 g/mol. The fourth-order valence-corrected chi connectivity index (χ4v) is 6.00. The molecule has 0 aliphatic heterocycles. The molecule has 7 rings (SSSR count). The van der Waals surface area contributed by atoms with E-state index in [1.165, 1.54) is 66.2 Å². The molecule has 2 aromatic heterocycles. The third-order valence-corrected chi connectivity index (χ3v) is 8.07. The molecule has 0 aliphatic rings. The number of aromatic nitrogens is 2. The molecule has 0 unspecified atom stereocenters. The van der Waals surface area contributed by atoms with E-state index in [2.05, 4.69) is 129 Å². The van der Waals surface area contributed by atoms with Gasteiger partial charge in [0.05, 0.1) is 11.2 Å².